The van der Waals surface area contributed by atoms with Gasteiger partial charge in [-0.15, -0.1) is 0 Å². The molecule has 88 valence electrons. The first-order chi connectivity index (χ1) is 7.13. The minimum absolute atomic E-state index is 0.151. The lowest BCUT2D eigenvalue weighted by Crippen LogP contribution is -2.53. The Morgan fingerprint density at radius 2 is 2.40 bits per heavy atom. The van der Waals surface area contributed by atoms with Crippen LogP contribution in [0.15, 0.2) is 0 Å². The van der Waals surface area contributed by atoms with Gasteiger partial charge in [0, 0.05) is 31.7 Å². The normalized spacial score (nSPS) is 24.9. The van der Waals surface area contributed by atoms with Crippen LogP contribution in [-0.4, -0.2) is 49.1 Å². The molecule has 0 radical (unpaired) electrons. The largest absolute Gasteiger partial charge is 0.353 e. The highest BCUT2D eigenvalue weighted by atomic mass is 16.2. The van der Waals surface area contributed by atoms with Crippen molar-refractivity contribution in [3.05, 3.63) is 0 Å². The lowest BCUT2D eigenvalue weighted by Gasteiger charge is -2.33. The van der Waals surface area contributed by atoms with Crippen LogP contribution in [0.1, 0.15) is 27.2 Å². The summed E-state index contributed by atoms with van der Waals surface area (Å²) in [5.41, 5.74) is 0. The Balaban J connectivity index is 2.29. The first-order valence-corrected chi connectivity index (χ1v) is 5.87. The predicted octanol–water partition coefficient (Wildman–Crippen LogP) is 0.195. The average molecular weight is 213 g/mol. The standard InChI is InChI=1S/C11H23N3O/c1-4-9(2)13-11(15)8-14-6-5-12-7-10(14)3/h9-10,12H,4-8H2,1-3H3,(H,13,15). The van der Waals surface area contributed by atoms with Crippen molar-refractivity contribution in [2.24, 2.45) is 0 Å². The summed E-state index contributed by atoms with van der Waals surface area (Å²) in [4.78, 5) is 13.9. The molecule has 0 saturated carbocycles. The number of carbonyl (C=O) groups excluding carboxylic acids is 1. The van der Waals surface area contributed by atoms with E-state index < -0.39 is 0 Å². The van der Waals surface area contributed by atoms with Gasteiger partial charge in [-0.1, -0.05) is 6.92 Å². The van der Waals surface area contributed by atoms with Crippen LogP contribution < -0.4 is 10.6 Å². The summed E-state index contributed by atoms with van der Waals surface area (Å²) >= 11 is 0. The molecule has 0 spiro atoms. The van der Waals surface area contributed by atoms with Crippen molar-refractivity contribution in [2.75, 3.05) is 26.2 Å². The first-order valence-electron chi connectivity index (χ1n) is 5.87. The number of carbonyl (C=O) groups is 1. The van der Waals surface area contributed by atoms with Crippen molar-refractivity contribution < 1.29 is 4.79 Å². The van der Waals surface area contributed by atoms with E-state index in [9.17, 15) is 4.79 Å². The molecule has 1 fully saturated rings. The maximum Gasteiger partial charge on any atom is 0.234 e. The molecule has 0 bridgehead atoms. The molecule has 1 aliphatic rings. The predicted molar refractivity (Wildman–Crippen MR) is 61.8 cm³/mol. The van der Waals surface area contributed by atoms with E-state index in [1.807, 2.05) is 6.92 Å². The van der Waals surface area contributed by atoms with Crippen LogP contribution in [-0.2, 0) is 4.79 Å². The lowest BCUT2D eigenvalue weighted by molar-refractivity contribution is -0.123. The first kappa shape index (κ1) is 12.5. The second kappa shape index (κ2) is 6.08. The van der Waals surface area contributed by atoms with Crippen molar-refractivity contribution in [3.8, 4) is 0 Å². The van der Waals surface area contributed by atoms with E-state index in [1.54, 1.807) is 0 Å². The Bertz CT molecular complexity index is 208. The summed E-state index contributed by atoms with van der Waals surface area (Å²) in [6.07, 6.45) is 0.989. The minimum atomic E-state index is 0.151. The van der Waals surface area contributed by atoms with Gasteiger partial charge in [-0.25, -0.2) is 0 Å². The van der Waals surface area contributed by atoms with Crippen LogP contribution >= 0.6 is 0 Å². The highest BCUT2D eigenvalue weighted by Gasteiger charge is 2.20. The van der Waals surface area contributed by atoms with Crippen LogP contribution in [0, 0.1) is 0 Å². The van der Waals surface area contributed by atoms with E-state index in [0.717, 1.165) is 26.1 Å². The summed E-state index contributed by atoms with van der Waals surface area (Å²) in [7, 11) is 0. The van der Waals surface area contributed by atoms with Crippen LogP contribution in [0.25, 0.3) is 0 Å². The molecule has 2 unspecified atom stereocenters. The van der Waals surface area contributed by atoms with Gasteiger partial charge in [-0.2, -0.15) is 0 Å². The molecular weight excluding hydrogens is 190 g/mol. The second-order valence-electron chi connectivity index (χ2n) is 4.40. The van der Waals surface area contributed by atoms with Crippen LogP contribution in [0.4, 0.5) is 0 Å². The molecule has 4 nitrogen and oxygen atoms in total. The topological polar surface area (TPSA) is 44.4 Å². The monoisotopic (exact) mass is 213 g/mol. The third-order valence-corrected chi connectivity index (χ3v) is 3.01. The number of nitrogens with zero attached hydrogens (tertiary/aromatic N) is 1. The van der Waals surface area contributed by atoms with E-state index in [-0.39, 0.29) is 11.9 Å². The zero-order valence-electron chi connectivity index (χ0n) is 10.0. The Hall–Kier alpha value is -0.610. The molecule has 1 rings (SSSR count). The number of piperazine rings is 1. The van der Waals surface area contributed by atoms with Gasteiger partial charge >= 0.3 is 0 Å². The smallest absolute Gasteiger partial charge is 0.234 e. The molecule has 15 heavy (non-hydrogen) atoms. The van der Waals surface area contributed by atoms with Crippen molar-refractivity contribution in [1.82, 2.24) is 15.5 Å². The van der Waals surface area contributed by atoms with Crippen LogP contribution in [0.3, 0.4) is 0 Å². The SMILES string of the molecule is CCC(C)NC(=O)CN1CCNCC1C. The van der Waals surface area contributed by atoms with Gasteiger partial charge < -0.3 is 10.6 Å². The molecule has 0 aromatic rings. The summed E-state index contributed by atoms with van der Waals surface area (Å²) in [5, 5.41) is 6.31. The fraction of sp³-hybridized carbons (Fsp3) is 0.909. The second-order valence-corrected chi connectivity index (χ2v) is 4.40. The van der Waals surface area contributed by atoms with E-state index in [4.69, 9.17) is 0 Å². The highest BCUT2D eigenvalue weighted by Crippen LogP contribution is 2.01. The quantitative estimate of drug-likeness (QED) is 0.701. The van der Waals surface area contributed by atoms with E-state index in [1.165, 1.54) is 0 Å². The van der Waals surface area contributed by atoms with E-state index in [0.29, 0.717) is 12.6 Å². The molecule has 1 heterocycles. The number of rotatable bonds is 4. The van der Waals surface area contributed by atoms with Gasteiger partial charge in [0.25, 0.3) is 0 Å². The maximum atomic E-state index is 11.7. The third kappa shape index (κ3) is 4.18. The number of nitrogens with one attached hydrogen (secondary N) is 2. The van der Waals surface area contributed by atoms with Gasteiger partial charge in [0.05, 0.1) is 6.54 Å². The molecule has 0 aromatic heterocycles. The van der Waals surface area contributed by atoms with Crippen molar-refractivity contribution >= 4 is 5.91 Å². The number of amides is 1. The zero-order chi connectivity index (χ0) is 11.3. The molecule has 0 aromatic carbocycles. The molecule has 2 atom stereocenters. The van der Waals surface area contributed by atoms with Gasteiger partial charge in [-0.3, -0.25) is 9.69 Å². The molecule has 1 aliphatic heterocycles. The van der Waals surface area contributed by atoms with Crippen LogP contribution in [0.5, 0.6) is 0 Å². The van der Waals surface area contributed by atoms with Crippen molar-refractivity contribution in [1.29, 1.82) is 0 Å². The molecule has 1 amide bonds. The highest BCUT2D eigenvalue weighted by molar-refractivity contribution is 5.78. The van der Waals surface area contributed by atoms with Gasteiger partial charge in [0.2, 0.25) is 5.91 Å². The van der Waals surface area contributed by atoms with Gasteiger partial charge in [0.1, 0.15) is 0 Å². The molecular formula is C11H23N3O. The fourth-order valence-corrected chi connectivity index (χ4v) is 1.72. The Kier molecular flexibility index (Phi) is 5.05. The fourth-order valence-electron chi connectivity index (χ4n) is 1.72. The molecule has 0 aliphatic carbocycles. The summed E-state index contributed by atoms with van der Waals surface area (Å²) in [5.74, 6) is 0.151. The molecule has 4 heteroatoms. The molecule has 2 N–H and O–H groups in total. The van der Waals surface area contributed by atoms with Gasteiger partial charge in [0.15, 0.2) is 0 Å². The van der Waals surface area contributed by atoms with Crippen molar-refractivity contribution in [2.45, 2.75) is 39.3 Å². The number of hydrogen-bond acceptors (Lipinski definition) is 3. The third-order valence-electron chi connectivity index (χ3n) is 3.01. The Morgan fingerprint density at radius 1 is 1.67 bits per heavy atom. The Morgan fingerprint density at radius 3 is 3.00 bits per heavy atom. The van der Waals surface area contributed by atoms with Crippen molar-refractivity contribution in [3.63, 3.8) is 0 Å². The average Bonchev–Trinajstić information content (AvgIpc) is 2.21. The summed E-state index contributed by atoms with van der Waals surface area (Å²) in [6.45, 7) is 9.75. The summed E-state index contributed by atoms with van der Waals surface area (Å²) < 4.78 is 0. The van der Waals surface area contributed by atoms with E-state index >= 15 is 0 Å². The summed E-state index contributed by atoms with van der Waals surface area (Å²) in [6, 6.07) is 0.747. The lowest BCUT2D eigenvalue weighted by atomic mass is 10.2. The maximum absolute atomic E-state index is 11.7. The van der Waals surface area contributed by atoms with Gasteiger partial charge in [-0.05, 0) is 20.3 Å². The number of hydrogen-bond donors (Lipinski definition) is 2. The molecule has 1 saturated heterocycles. The van der Waals surface area contributed by atoms with E-state index in [2.05, 4.69) is 29.4 Å². The van der Waals surface area contributed by atoms with Crippen LogP contribution in [0.2, 0.25) is 0 Å². The Labute approximate surface area is 92.4 Å². The minimum Gasteiger partial charge on any atom is -0.353 e. The zero-order valence-corrected chi connectivity index (χ0v) is 10.0.